The molecule has 19 heavy (non-hydrogen) atoms. The highest BCUT2D eigenvalue weighted by Crippen LogP contribution is 2.17. The third-order valence-electron chi connectivity index (χ3n) is 2.79. The van der Waals surface area contributed by atoms with Gasteiger partial charge in [-0.1, -0.05) is 41.9 Å². The molecule has 0 fully saturated rings. The summed E-state index contributed by atoms with van der Waals surface area (Å²) in [6.07, 6.45) is 0. The Labute approximate surface area is 116 Å². The average Bonchev–Trinajstić information content (AvgIpc) is 2.43. The molecule has 0 amide bonds. The van der Waals surface area contributed by atoms with Gasteiger partial charge in [-0.3, -0.25) is 5.32 Å². The van der Waals surface area contributed by atoms with Crippen LogP contribution in [0.5, 0.6) is 0 Å². The van der Waals surface area contributed by atoms with Crippen LogP contribution in [-0.2, 0) is 6.54 Å². The summed E-state index contributed by atoms with van der Waals surface area (Å²) >= 11 is 6.05. The first-order valence-corrected chi connectivity index (χ1v) is 6.20. The number of nitrogens with zero attached hydrogens (tertiary/aromatic N) is 1. The van der Waals surface area contributed by atoms with Crippen LogP contribution in [0.4, 0.5) is 4.39 Å². The molecule has 0 aliphatic heterocycles. The lowest BCUT2D eigenvalue weighted by Crippen LogP contribution is -2.19. The van der Waals surface area contributed by atoms with Gasteiger partial charge in [-0.2, -0.15) is 5.26 Å². The molecule has 0 saturated carbocycles. The number of nitrogens with one attached hydrogen (secondary N) is 1. The fraction of sp³-hybridized carbons (Fsp3) is 0.133. The number of hydrogen-bond donors (Lipinski definition) is 1. The van der Waals surface area contributed by atoms with E-state index in [0.29, 0.717) is 11.6 Å². The zero-order valence-corrected chi connectivity index (χ0v) is 10.9. The molecule has 0 aliphatic rings. The van der Waals surface area contributed by atoms with E-state index in [9.17, 15) is 4.39 Å². The van der Waals surface area contributed by atoms with Crippen molar-refractivity contribution in [1.82, 2.24) is 5.32 Å². The van der Waals surface area contributed by atoms with E-state index < -0.39 is 6.04 Å². The van der Waals surface area contributed by atoms with Crippen molar-refractivity contribution in [3.63, 3.8) is 0 Å². The molecule has 4 heteroatoms. The molecule has 1 atom stereocenters. The van der Waals surface area contributed by atoms with Crippen molar-refractivity contribution in [2.45, 2.75) is 12.6 Å². The Bertz CT molecular complexity index is 590. The molecule has 0 saturated heterocycles. The van der Waals surface area contributed by atoms with E-state index in [2.05, 4.69) is 11.4 Å². The van der Waals surface area contributed by atoms with Crippen molar-refractivity contribution in [3.05, 3.63) is 70.5 Å². The highest BCUT2D eigenvalue weighted by atomic mass is 35.5. The summed E-state index contributed by atoms with van der Waals surface area (Å²) in [4.78, 5) is 0. The molecule has 1 N–H and O–H groups in total. The number of nitriles is 1. The molecule has 1 unspecified atom stereocenters. The maximum atomic E-state index is 12.8. The molecule has 2 aromatic carbocycles. The van der Waals surface area contributed by atoms with E-state index in [1.165, 1.54) is 12.1 Å². The lowest BCUT2D eigenvalue weighted by molar-refractivity contribution is 0.614. The molecule has 0 aromatic heterocycles. The molecule has 0 spiro atoms. The zero-order valence-electron chi connectivity index (χ0n) is 10.1. The maximum absolute atomic E-state index is 12.8. The summed E-state index contributed by atoms with van der Waals surface area (Å²) in [5, 5.41) is 12.9. The van der Waals surface area contributed by atoms with Crippen LogP contribution in [0.3, 0.4) is 0 Å². The van der Waals surface area contributed by atoms with Gasteiger partial charge in [-0.05, 0) is 29.3 Å². The number of benzene rings is 2. The average molecular weight is 275 g/mol. The van der Waals surface area contributed by atoms with Crippen molar-refractivity contribution in [2.24, 2.45) is 0 Å². The molecule has 96 valence electrons. The van der Waals surface area contributed by atoms with Crippen LogP contribution >= 0.6 is 11.6 Å². The number of halogens is 2. The largest absolute Gasteiger partial charge is 0.294 e. The van der Waals surface area contributed by atoms with E-state index in [1.807, 2.05) is 18.2 Å². The first-order chi connectivity index (χ1) is 9.20. The van der Waals surface area contributed by atoms with Crippen LogP contribution in [-0.4, -0.2) is 0 Å². The van der Waals surface area contributed by atoms with E-state index in [0.717, 1.165) is 11.1 Å². The normalized spacial score (nSPS) is 11.8. The molecule has 2 rings (SSSR count). The zero-order chi connectivity index (χ0) is 13.7. The van der Waals surface area contributed by atoms with Crippen LogP contribution in [0, 0.1) is 17.1 Å². The van der Waals surface area contributed by atoms with Gasteiger partial charge in [0.05, 0.1) is 6.07 Å². The lowest BCUT2D eigenvalue weighted by Gasteiger charge is -2.12. The van der Waals surface area contributed by atoms with Crippen LogP contribution in [0.15, 0.2) is 48.5 Å². The predicted octanol–water partition coefficient (Wildman–Crippen LogP) is 3.83. The van der Waals surface area contributed by atoms with Gasteiger partial charge in [0.15, 0.2) is 0 Å². The minimum atomic E-state index is -0.489. The summed E-state index contributed by atoms with van der Waals surface area (Å²) in [7, 11) is 0. The maximum Gasteiger partial charge on any atom is 0.123 e. The summed E-state index contributed by atoms with van der Waals surface area (Å²) < 4.78 is 12.8. The second-order valence-electron chi connectivity index (χ2n) is 4.09. The topological polar surface area (TPSA) is 35.8 Å². The monoisotopic (exact) mass is 274 g/mol. The first kappa shape index (κ1) is 13.5. The lowest BCUT2D eigenvalue weighted by atomic mass is 10.1. The molecule has 0 bridgehead atoms. The third kappa shape index (κ3) is 3.54. The van der Waals surface area contributed by atoms with Gasteiger partial charge in [0.1, 0.15) is 11.9 Å². The molecular weight excluding hydrogens is 263 g/mol. The number of hydrogen-bond acceptors (Lipinski definition) is 2. The van der Waals surface area contributed by atoms with Crippen LogP contribution in [0.1, 0.15) is 17.2 Å². The van der Waals surface area contributed by atoms with Crippen molar-refractivity contribution >= 4 is 11.6 Å². The molecule has 0 aliphatic carbocycles. The smallest absolute Gasteiger partial charge is 0.123 e. The van der Waals surface area contributed by atoms with Crippen molar-refractivity contribution in [3.8, 4) is 6.07 Å². The summed E-state index contributed by atoms with van der Waals surface area (Å²) in [5.41, 5.74) is 1.66. The highest BCUT2D eigenvalue weighted by Gasteiger charge is 2.10. The summed E-state index contributed by atoms with van der Waals surface area (Å²) in [6, 6.07) is 15.0. The molecule has 0 radical (unpaired) electrons. The summed E-state index contributed by atoms with van der Waals surface area (Å²) in [6.45, 7) is 0.481. The van der Waals surface area contributed by atoms with Crippen molar-refractivity contribution in [2.75, 3.05) is 0 Å². The van der Waals surface area contributed by atoms with Crippen molar-refractivity contribution < 1.29 is 4.39 Å². The van der Waals surface area contributed by atoms with Gasteiger partial charge in [-0.15, -0.1) is 0 Å². The SMILES string of the molecule is N#CC(NCc1ccccc1Cl)c1ccc(F)cc1. The van der Waals surface area contributed by atoms with Gasteiger partial charge < -0.3 is 0 Å². The van der Waals surface area contributed by atoms with Gasteiger partial charge in [0, 0.05) is 11.6 Å². The van der Waals surface area contributed by atoms with E-state index >= 15 is 0 Å². The van der Waals surface area contributed by atoms with E-state index in [4.69, 9.17) is 16.9 Å². The second-order valence-corrected chi connectivity index (χ2v) is 4.49. The molecule has 0 heterocycles. The standard InChI is InChI=1S/C15H12ClFN2/c16-14-4-2-1-3-12(14)10-19-15(9-18)11-5-7-13(17)8-6-11/h1-8,15,19H,10H2. The Balaban J connectivity index is 2.07. The highest BCUT2D eigenvalue weighted by molar-refractivity contribution is 6.31. The Morgan fingerprint density at radius 3 is 2.47 bits per heavy atom. The van der Waals surface area contributed by atoms with Crippen LogP contribution in [0.25, 0.3) is 0 Å². The molecule has 2 nitrogen and oxygen atoms in total. The Hall–Kier alpha value is -1.89. The molecular formula is C15H12ClFN2. The fourth-order valence-electron chi connectivity index (χ4n) is 1.75. The van der Waals surface area contributed by atoms with Gasteiger partial charge >= 0.3 is 0 Å². The predicted molar refractivity (Wildman–Crippen MR) is 73.0 cm³/mol. The van der Waals surface area contributed by atoms with Crippen LogP contribution in [0.2, 0.25) is 5.02 Å². The van der Waals surface area contributed by atoms with Gasteiger partial charge in [0.25, 0.3) is 0 Å². The van der Waals surface area contributed by atoms with Gasteiger partial charge in [0.2, 0.25) is 0 Å². The minimum Gasteiger partial charge on any atom is -0.294 e. The van der Waals surface area contributed by atoms with Crippen molar-refractivity contribution in [1.29, 1.82) is 5.26 Å². The number of rotatable bonds is 4. The Kier molecular flexibility index (Phi) is 4.51. The fourth-order valence-corrected chi connectivity index (χ4v) is 1.95. The van der Waals surface area contributed by atoms with E-state index in [1.54, 1.807) is 18.2 Å². The third-order valence-corrected chi connectivity index (χ3v) is 3.16. The first-order valence-electron chi connectivity index (χ1n) is 5.82. The van der Waals surface area contributed by atoms with E-state index in [-0.39, 0.29) is 5.82 Å². The van der Waals surface area contributed by atoms with Gasteiger partial charge in [-0.25, -0.2) is 4.39 Å². The Morgan fingerprint density at radius 2 is 1.84 bits per heavy atom. The minimum absolute atomic E-state index is 0.313. The summed E-state index contributed by atoms with van der Waals surface area (Å²) in [5.74, 6) is -0.313. The Morgan fingerprint density at radius 1 is 1.16 bits per heavy atom. The second kappa shape index (κ2) is 6.33. The van der Waals surface area contributed by atoms with Crippen LogP contribution < -0.4 is 5.32 Å². The molecule has 2 aromatic rings. The quantitative estimate of drug-likeness (QED) is 0.920.